The zero-order valence-electron chi connectivity index (χ0n) is 16.7. The summed E-state index contributed by atoms with van der Waals surface area (Å²) in [6, 6.07) is 0. The normalized spacial score (nSPS) is 22.1. The van der Waals surface area contributed by atoms with Crippen LogP contribution in [0.4, 0.5) is 0 Å². The molecule has 3 saturated heterocycles. The van der Waals surface area contributed by atoms with Gasteiger partial charge in [-0.05, 0) is 24.4 Å². The molecule has 3 fully saturated rings. The summed E-state index contributed by atoms with van der Waals surface area (Å²) in [5.41, 5.74) is 0. The minimum Gasteiger partial charge on any atom is -0.379 e. The third-order valence-corrected chi connectivity index (χ3v) is 6.28. The van der Waals surface area contributed by atoms with E-state index in [9.17, 15) is 0 Å². The molecule has 0 saturated carbocycles. The van der Waals surface area contributed by atoms with Crippen molar-refractivity contribution in [3.63, 3.8) is 0 Å². The van der Waals surface area contributed by atoms with Crippen LogP contribution in [-0.2, 0) is 9.47 Å². The average molecular weight is 431 g/mol. The summed E-state index contributed by atoms with van der Waals surface area (Å²) in [5.74, 6) is 0. The number of hydrogen-bond donors (Lipinski definition) is 2. The quantitative estimate of drug-likeness (QED) is 0.514. The van der Waals surface area contributed by atoms with Gasteiger partial charge in [0.2, 0.25) is 0 Å². The number of hydrogen-bond acceptors (Lipinski definition) is 6. The van der Waals surface area contributed by atoms with Crippen LogP contribution < -0.4 is 10.6 Å². The third kappa shape index (κ3) is 7.23. The molecule has 0 bridgehead atoms. The largest absolute Gasteiger partial charge is 0.379 e. The van der Waals surface area contributed by atoms with E-state index in [4.69, 9.17) is 33.9 Å². The van der Waals surface area contributed by atoms with Crippen LogP contribution in [0.15, 0.2) is 0 Å². The Bertz CT molecular complexity index is 448. The standard InChI is InChI=1S/C18H34N6O2S2/c27-17(19-1-3-21-9-13-25-14-10-21)23-5-7-24(8-6-23)18(28)20-2-4-22-11-15-26-16-12-22/h1-16H2,(H,19,27)(H,20,28). The number of thiocarbonyl (C=S) groups is 2. The Kier molecular flexibility index (Phi) is 9.42. The zero-order chi connectivity index (χ0) is 19.6. The van der Waals surface area contributed by atoms with E-state index in [0.717, 1.165) is 115 Å². The number of rotatable bonds is 6. The third-order valence-electron chi connectivity index (χ3n) is 5.47. The van der Waals surface area contributed by atoms with Gasteiger partial charge in [-0.2, -0.15) is 0 Å². The van der Waals surface area contributed by atoms with Gasteiger partial charge in [-0.3, -0.25) is 9.80 Å². The molecule has 0 unspecified atom stereocenters. The molecule has 0 aromatic carbocycles. The van der Waals surface area contributed by atoms with Gasteiger partial charge in [0.1, 0.15) is 0 Å². The number of nitrogens with zero attached hydrogens (tertiary/aromatic N) is 4. The maximum atomic E-state index is 5.58. The van der Waals surface area contributed by atoms with Crippen molar-refractivity contribution in [2.24, 2.45) is 0 Å². The monoisotopic (exact) mass is 430 g/mol. The molecule has 3 heterocycles. The summed E-state index contributed by atoms with van der Waals surface area (Å²) >= 11 is 11.2. The molecule has 0 aromatic heterocycles. The Morgan fingerprint density at radius 1 is 0.607 bits per heavy atom. The van der Waals surface area contributed by atoms with Gasteiger partial charge in [-0.1, -0.05) is 0 Å². The molecule has 0 aliphatic carbocycles. The predicted molar refractivity (Wildman–Crippen MR) is 119 cm³/mol. The van der Waals surface area contributed by atoms with Gasteiger partial charge in [0.25, 0.3) is 0 Å². The number of nitrogens with one attached hydrogen (secondary N) is 2. The van der Waals surface area contributed by atoms with E-state index in [1.807, 2.05) is 0 Å². The molecule has 2 N–H and O–H groups in total. The molecular formula is C18H34N6O2S2. The number of ether oxygens (including phenoxy) is 2. The predicted octanol–water partition coefficient (Wildman–Crippen LogP) is -0.983. The van der Waals surface area contributed by atoms with Gasteiger partial charge in [-0.15, -0.1) is 0 Å². The zero-order valence-corrected chi connectivity index (χ0v) is 18.4. The Balaban J connectivity index is 1.25. The first kappa shape index (κ1) is 21.9. The van der Waals surface area contributed by atoms with Crippen LogP contribution in [0.25, 0.3) is 0 Å². The van der Waals surface area contributed by atoms with Gasteiger partial charge < -0.3 is 29.9 Å². The highest BCUT2D eigenvalue weighted by Crippen LogP contribution is 2.03. The molecule has 3 aliphatic rings. The Labute approximate surface area is 179 Å². The van der Waals surface area contributed by atoms with Crippen LogP contribution in [0.3, 0.4) is 0 Å². The van der Waals surface area contributed by atoms with Crippen molar-refractivity contribution in [1.29, 1.82) is 0 Å². The molecule has 0 atom stereocenters. The maximum absolute atomic E-state index is 5.58. The van der Waals surface area contributed by atoms with Crippen molar-refractivity contribution < 1.29 is 9.47 Å². The minimum atomic E-state index is 0.840. The topological polar surface area (TPSA) is 55.5 Å². The highest BCUT2D eigenvalue weighted by molar-refractivity contribution is 7.80. The first-order valence-electron chi connectivity index (χ1n) is 10.4. The summed E-state index contributed by atoms with van der Waals surface area (Å²) in [4.78, 5) is 9.33. The molecule has 0 aromatic rings. The van der Waals surface area contributed by atoms with E-state index < -0.39 is 0 Å². The van der Waals surface area contributed by atoms with Crippen molar-refractivity contribution in [1.82, 2.24) is 30.2 Å². The summed E-state index contributed by atoms with van der Waals surface area (Å²) in [6.07, 6.45) is 0. The van der Waals surface area contributed by atoms with E-state index >= 15 is 0 Å². The van der Waals surface area contributed by atoms with E-state index in [1.165, 1.54) is 0 Å². The van der Waals surface area contributed by atoms with E-state index in [2.05, 4.69) is 30.2 Å². The summed E-state index contributed by atoms with van der Waals surface area (Å²) in [7, 11) is 0. The molecule has 10 heteroatoms. The Hall–Kier alpha value is -0.780. The second kappa shape index (κ2) is 12.0. The van der Waals surface area contributed by atoms with Gasteiger partial charge in [0, 0.05) is 78.5 Å². The van der Waals surface area contributed by atoms with Crippen LogP contribution in [0, 0.1) is 0 Å². The molecule has 160 valence electrons. The van der Waals surface area contributed by atoms with E-state index in [-0.39, 0.29) is 0 Å². The second-order valence-corrected chi connectivity index (χ2v) is 8.12. The summed E-state index contributed by atoms with van der Waals surface area (Å²) in [6.45, 7) is 14.9. The molecule has 28 heavy (non-hydrogen) atoms. The van der Waals surface area contributed by atoms with Crippen LogP contribution in [0.1, 0.15) is 0 Å². The van der Waals surface area contributed by atoms with Crippen LogP contribution in [0.5, 0.6) is 0 Å². The highest BCUT2D eigenvalue weighted by atomic mass is 32.1. The van der Waals surface area contributed by atoms with Crippen LogP contribution >= 0.6 is 24.4 Å². The lowest BCUT2D eigenvalue weighted by Gasteiger charge is -2.38. The molecule has 0 amide bonds. The molecule has 3 rings (SSSR count). The van der Waals surface area contributed by atoms with Crippen LogP contribution in [-0.4, -0.2) is 135 Å². The summed E-state index contributed by atoms with van der Waals surface area (Å²) < 4.78 is 10.8. The van der Waals surface area contributed by atoms with Gasteiger partial charge in [0.05, 0.1) is 26.4 Å². The molecule has 0 spiro atoms. The van der Waals surface area contributed by atoms with Crippen molar-refractivity contribution in [2.45, 2.75) is 0 Å². The minimum absolute atomic E-state index is 0.840. The summed E-state index contributed by atoms with van der Waals surface area (Å²) in [5, 5.41) is 8.53. The smallest absolute Gasteiger partial charge is 0.169 e. The molecular weight excluding hydrogens is 396 g/mol. The van der Waals surface area contributed by atoms with Crippen LogP contribution in [0.2, 0.25) is 0 Å². The Morgan fingerprint density at radius 3 is 1.32 bits per heavy atom. The first-order chi connectivity index (χ1) is 13.7. The van der Waals surface area contributed by atoms with Crippen molar-refractivity contribution in [2.75, 3.05) is 105 Å². The van der Waals surface area contributed by atoms with Crippen molar-refractivity contribution >= 4 is 34.7 Å². The van der Waals surface area contributed by atoms with Crippen molar-refractivity contribution in [3.8, 4) is 0 Å². The second-order valence-electron chi connectivity index (χ2n) is 7.35. The lowest BCUT2D eigenvalue weighted by atomic mass is 10.3. The van der Waals surface area contributed by atoms with Gasteiger partial charge in [0.15, 0.2) is 10.2 Å². The average Bonchev–Trinajstić information content (AvgIpc) is 2.75. The first-order valence-corrected chi connectivity index (χ1v) is 11.2. The fourth-order valence-corrected chi connectivity index (χ4v) is 4.20. The maximum Gasteiger partial charge on any atom is 0.169 e. The highest BCUT2D eigenvalue weighted by Gasteiger charge is 2.21. The fourth-order valence-electron chi connectivity index (χ4n) is 3.63. The van der Waals surface area contributed by atoms with E-state index in [1.54, 1.807) is 0 Å². The van der Waals surface area contributed by atoms with E-state index in [0.29, 0.717) is 0 Å². The fraction of sp³-hybridized carbons (Fsp3) is 0.889. The SMILES string of the molecule is S=C(NCCN1CCOCC1)N1CCN(C(=S)NCCN2CCOCC2)CC1. The lowest BCUT2D eigenvalue weighted by Crippen LogP contribution is -2.56. The number of morpholine rings is 2. The molecule has 8 nitrogen and oxygen atoms in total. The molecule has 3 aliphatic heterocycles. The van der Waals surface area contributed by atoms with Crippen molar-refractivity contribution in [3.05, 3.63) is 0 Å². The van der Waals surface area contributed by atoms with Gasteiger partial charge in [-0.25, -0.2) is 0 Å². The lowest BCUT2D eigenvalue weighted by molar-refractivity contribution is 0.0387. The van der Waals surface area contributed by atoms with Gasteiger partial charge >= 0.3 is 0 Å². The molecule has 0 radical (unpaired) electrons. The number of piperazine rings is 1. The Morgan fingerprint density at radius 2 is 0.964 bits per heavy atom.